The zero-order valence-corrected chi connectivity index (χ0v) is 9.04. The Balaban J connectivity index is 2.52. The monoisotopic (exact) mass is 217 g/mol. The maximum atomic E-state index is 11.5. The fourth-order valence-corrected chi connectivity index (χ4v) is 1.38. The van der Waals surface area contributed by atoms with Crippen LogP contribution in [0.25, 0.3) is 5.82 Å². The van der Waals surface area contributed by atoms with Crippen molar-refractivity contribution in [1.29, 1.82) is 0 Å². The Labute approximate surface area is 92.7 Å². The number of rotatable bonds is 2. The van der Waals surface area contributed by atoms with E-state index in [1.165, 1.54) is 7.11 Å². The third-order valence-corrected chi connectivity index (χ3v) is 2.13. The number of ether oxygens (including phenoxy) is 1. The van der Waals surface area contributed by atoms with Gasteiger partial charge in [-0.3, -0.25) is 0 Å². The fraction of sp³-hybridized carbons (Fsp3) is 0.182. The summed E-state index contributed by atoms with van der Waals surface area (Å²) in [5.41, 5.74) is 1.26. The van der Waals surface area contributed by atoms with E-state index in [9.17, 15) is 4.79 Å². The van der Waals surface area contributed by atoms with Crippen molar-refractivity contribution in [3.05, 3.63) is 41.9 Å². The van der Waals surface area contributed by atoms with Gasteiger partial charge in [0.05, 0.1) is 12.8 Å². The van der Waals surface area contributed by atoms with Crippen molar-refractivity contribution in [3.63, 3.8) is 0 Å². The quantitative estimate of drug-likeness (QED) is 0.713. The van der Waals surface area contributed by atoms with Crippen LogP contribution in [0.3, 0.4) is 0 Å². The van der Waals surface area contributed by atoms with Crippen molar-refractivity contribution in [2.45, 2.75) is 6.92 Å². The van der Waals surface area contributed by atoms with Gasteiger partial charge in [-0.05, 0) is 25.1 Å². The van der Waals surface area contributed by atoms with Crippen LogP contribution in [-0.2, 0) is 4.74 Å². The minimum Gasteiger partial charge on any atom is -0.465 e. The second-order valence-corrected chi connectivity index (χ2v) is 3.27. The van der Waals surface area contributed by atoms with Gasteiger partial charge in [-0.15, -0.1) is 0 Å². The van der Waals surface area contributed by atoms with E-state index in [4.69, 9.17) is 0 Å². The molecule has 2 aromatic rings. The molecular weight excluding hydrogens is 206 g/mol. The summed E-state index contributed by atoms with van der Waals surface area (Å²) in [5, 5.41) is 4.20. The molecule has 2 rings (SSSR count). The molecule has 0 N–H and O–H groups in total. The van der Waals surface area contributed by atoms with Crippen molar-refractivity contribution in [2.75, 3.05) is 7.11 Å². The molecule has 0 saturated heterocycles. The zero-order chi connectivity index (χ0) is 11.5. The number of methoxy groups -OCH3 is 1. The number of carbonyl (C=O) groups is 1. The van der Waals surface area contributed by atoms with E-state index in [2.05, 4.69) is 14.8 Å². The van der Waals surface area contributed by atoms with Gasteiger partial charge in [0.15, 0.2) is 5.82 Å². The van der Waals surface area contributed by atoms with Gasteiger partial charge in [0, 0.05) is 12.4 Å². The molecule has 0 fully saturated rings. The second kappa shape index (κ2) is 4.14. The van der Waals surface area contributed by atoms with E-state index in [1.807, 2.05) is 13.0 Å². The topological polar surface area (TPSA) is 57.0 Å². The van der Waals surface area contributed by atoms with E-state index in [1.54, 1.807) is 29.2 Å². The van der Waals surface area contributed by atoms with Crippen molar-refractivity contribution >= 4 is 5.97 Å². The maximum absolute atomic E-state index is 11.5. The number of pyridine rings is 1. The summed E-state index contributed by atoms with van der Waals surface area (Å²) < 4.78 is 6.24. The first kappa shape index (κ1) is 10.4. The lowest BCUT2D eigenvalue weighted by atomic mass is 10.2. The highest BCUT2D eigenvalue weighted by molar-refractivity contribution is 5.92. The molecule has 2 heterocycles. The summed E-state index contributed by atoms with van der Waals surface area (Å²) in [6, 6.07) is 5.19. The summed E-state index contributed by atoms with van der Waals surface area (Å²) in [6.07, 6.45) is 3.36. The maximum Gasteiger partial charge on any atom is 0.341 e. The number of nitrogens with zero attached hydrogens (tertiary/aromatic N) is 3. The third kappa shape index (κ3) is 1.79. The standard InChI is InChI=1S/C11H11N3O2/c1-8-5-7-14(13-8)10-9(11(15)16-2)4-3-6-12-10/h3-7H,1-2H3. The van der Waals surface area contributed by atoms with E-state index < -0.39 is 5.97 Å². The fourth-order valence-electron chi connectivity index (χ4n) is 1.38. The Kier molecular flexibility index (Phi) is 2.68. The lowest BCUT2D eigenvalue weighted by Crippen LogP contribution is -2.10. The van der Waals surface area contributed by atoms with Crippen LogP contribution in [0, 0.1) is 6.92 Å². The Hall–Kier alpha value is -2.17. The lowest BCUT2D eigenvalue weighted by molar-refractivity contribution is 0.0600. The van der Waals surface area contributed by atoms with E-state index >= 15 is 0 Å². The molecule has 0 amide bonds. The molecule has 0 radical (unpaired) electrons. The number of esters is 1. The summed E-state index contributed by atoms with van der Waals surface area (Å²) in [7, 11) is 1.34. The first-order valence-corrected chi connectivity index (χ1v) is 4.78. The van der Waals surface area contributed by atoms with Crippen LogP contribution in [-0.4, -0.2) is 27.8 Å². The van der Waals surface area contributed by atoms with Crippen LogP contribution in [0.5, 0.6) is 0 Å². The first-order valence-electron chi connectivity index (χ1n) is 4.78. The van der Waals surface area contributed by atoms with Gasteiger partial charge in [-0.25, -0.2) is 14.5 Å². The lowest BCUT2D eigenvalue weighted by Gasteiger charge is -2.05. The van der Waals surface area contributed by atoms with E-state index in [-0.39, 0.29) is 0 Å². The van der Waals surface area contributed by atoms with Crippen LogP contribution in [0.4, 0.5) is 0 Å². The highest BCUT2D eigenvalue weighted by atomic mass is 16.5. The first-order chi connectivity index (χ1) is 7.72. The largest absolute Gasteiger partial charge is 0.465 e. The molecule has 5 nitrogen and oxygen atoms in total. The predicted octanol–water partition coefficient (Wildman–Crippen LogP) is 1.36. The zero-order valence-electron chi connectivity index (χ0n) is 9.04. The minimum absolute atomic E-state index is 0.396. The van der Waals surface area contributed by atoms with Crippen molar-refractivity contribution in [1.82, 2.24) is 14.8 Å². The number of aryl methyl sites for hydroxylation is 1. The summed E-state index contributed by atoms with van der Waals surface area (Å²) in [5.74, 6) is 0.0544. The molecule has 0 aliphatic carbocycles. The summed E-state index contributed by atoms with van der Waals surface area (Å²) in [4.78, 5) is 15.6. The third-order valence-electron chi connectivity index (χ3n) is 2.13. The van der Waals surface area contributed by atoms with Gasteiger partial charge in [0.1, 0.15) is 5.56 Å². The van der Waals surface area contributed by atoms with Crippen LogP contribution in [0.15, 0.2) is 30.6 Å². The second-order valence-electron chi connectivity index (χ2n) is 3.27. The van der Waals surface area contributed by atoms with Gasteiger partial charge < -0.3 is 4.74 Å². The SMILES string of the molecule is COC(=O)c1cccnc1-n1ccc(C)n1. The molecule has 2 aromatic heterocycles. The Morgan fingerprint density at radius 1 is 1.44 bits per heavy atom. The summed E-state index contributed by atoms with van der Waals surface area (Å²) in [6.45, 7) is 1.87. The molecule has 0 spiro atoms. The normalized spacial score (nSPS) is 10.1. The highest BCUT2D eigenvalue weighted by Crippen LogP contribution is 2.11. The van der Waals surface area contributed by atoms with Gasteiger partial charge in [0.25, 0.3) is 0 Å². The van der Waals surface area contributed by atoms with Gasteiger partial charge in [-0.2, -0.15) is 5.10 Å². The van der Waals surface area contributed by atoms with Crippen molar-refractivity contribution in [2.24, 2.45) is 0 Å². The average Bonchev–Trinajstić information content (AvgIpc) is 2.75. The molecular formula is C11H11N3O2. The Morgan fingerprint density at radius 2 is 2.25 bits per heavy atom. The van der Waals surface area contributed by atoms with Crippen LogP contribution in [0.1, 0.15) is 16.1 Å². The van der Waals surface area contributed by atoms with Gasteiger partial charge in [-0.1, -0.05) is 0 Å². The smallest absolute Gasteiger partial charge is 0.341 e. The number of hydrogen-bond acceptors (Lipinski definition) is 4. The van der Waals surface area contributed by atoms with E-state index in [0.29, 0.717) is 11.4 Å². The molecule has 0 atom stereocenters. The molecule has 0 saturated carbocycles. The van der Waals surface area contributed by atoms with Crippen LogP contribution < -0.4 is 0 Å². The van der Waals surface area contributed by atoms with Crippen LogP contribution in [0.2, 0.25) is 0 Å². The molecule has 0 bridgehead atoms. The van der Waals surface area contributed by atoms with Gasteiger partial charge in [0.2, 0.25) is 0 Å². The van der Waals surface area contributed by atoms with Crippen molar-refractivity contribution in [3.8, 4) is 5.82 Å². The van der Waals surface area contributed by atoms with Crippen LogP contribution >= 0.6 is 0 Å². The van der Waals surface area contributed by atoms with Crippen molar-refractivity contribution < 1.29 is 9.53 Å². The molecule has 0 aliphatic heterocycles. The molecule has 16 heavy (non-hydrogen) atoms. The predicted molar refractivity (Wildman–Crippen MR) is 57.4 cm³/mol. The van der Waals surface area contributed by atoms with Gasteiger partial charge >= 0.3 is 5.97 Å². The molecule has 82 valence electrons. The molecule has 0 aliphatic rings. The van der Waals surface area contributed by atoms with E-state index in [0.717, 1.165) is 5.69 Å². The molecule has 5 heteroatoms. The molecule has 0 aromatic carbocycles. The number of carbonyl (C=O) groups excluding carboxylic acids is 1. The number of aromatic nitrogens is 3. The Morgan fingerprint density at radius 3 is 2.88 bits per heavy atom. The molecule has 0 unspecified atom stereocenters. The Bertz CT molecular complexity index is 519. The average molecular weight is 217 g/mol. The highest BCUT2D eigenvalue weighted by Gasteiger charge is 2.14. The minimum atomic E-state index is -0.420. The number of hydrogen-bond donors (Lipinski definition) is 0. The summed E-state index contributed by atoms with van der Waals surface area (Å²) >= 11 is 0.